The first kappa shape index (κ1) is 14.8. The molecule has 0 aromatic heterocycles. The van der Waals surface area contributed by atoms with Gasteiger partial charge in [0.05, 0.1) is 11.6 Å². The Hall–Kier alpha value is -1.56. The van der Waals surface area contributed by atoms with Gasteiger partial charge in [-0.2, -0.15) is 13.2 Å². The van der Waals surface area contributed by atoms with Crippen LogP contribution >= 0.6 is 0 Å². The molecule has 20 heavy (non-hydrogen) atoms. The second-order valence-electron chi connectivity index (χ2n) is 4.95. The number of nitrogens with zero attached hydrogens (tertiary/aromatic N) is 1. The van der Waals surface area contributed by atoms with E-state index in [1.807, 2.05) is 0 Å². The van der Waals surface area contributed by atoms with Gasteiger partial charge < -0.3 is 10.6 Å². The number of carbonyl (C=O) groups is 1. The fourth-order valence-electron chi connectivity index (χ4n) is 2.68. The maximum Gasteiger partial charge on any atom is 0.416 e. The highest BCUT2D eigenvalue weighted by Crippen LogP contribution is 2.35. The molecule has 110 valence electrons. The molecule has 2 unspecified atom stereocenters. The summed E-state index contributed by atoms with van der Waals surface area (Å²) >= 11 is 0. The van der Waals surface area contributed by atoms with Gasteiger partial charge in [0.2, 0.25) is 5.91 Å². The van der Waals surface area contributed by atoms with Gasteiger partial charge in [-0.25, -0.2) is 0 Å². The van der Waals surface area contributed by atoms with Crippen LogP contribution in [0.3, 0.4) is 0 Å². The number of benzene rings is 1. The predicted molar refractivity (Wildman–Crippen MR) is 68.8 cm³/mol. The zero-order valence-electron chi connectivity index (χ0n) is 11.2. The molecular weight excluding hydrogens is 269 g/mol. The monoisotopic (exact) mass is 286 g/mol. The molecule has 1 amide bonds. The summed E-state index contributed by atoms with van der Waals surface area (Å²) in [6, 6.07) is 4.25. The Morgan fingerprint density at radius 3 is 2.70 bits per heavy atom. The van der Waals surface area contributed by atoms with Crippen LogP contribution in [-0.2, 0) is 11.0 Å². The molecule has 1 aromatic carbocycles. The number of piperidine rings is 1. The molecule has 2 N–H and O–H groups in total. The Morgan fingerprint density at radius 2 is 2.10 bits per heavy atom. The summed E-state index contributed by atoms with van der Waals surface area (Å²) in [7, 11) is 0. The molecule has 0 aliphatic carbocycles. The highest BCUT2D eigenvalue weighted by atomic mass is 19.4. The SMILES string of the molecule is CCN1C(=O)CCC(N)C1c1cccc(C(F)(F)F)c1. The summed E-state index contributed by atoms with van der Waals surface area (Å²) < 4.78 is 38.3. The molecule has 0 bridgehead atoms. The maximum absolute atomic E-state index is 12.8. The first-order chi connectivity index (χ1) is 9.34. The van der Waals surface area contributed by atoms with E-state index in [1.54, 1.807) is 17.9 Å². The van der Waals surface area contributed by atoms with E-state index < -0.39 is 17.8 Å². The summed E-state index contributed by atoms with van der Waals surface area (Å²) in [6.45, 7) is 2.24. The molecule has 0 spiro atoms. The van der Waals surface area contributed by atoms with Crippen LogP contribution in [0.2, 0.25) is 0 Å². The number of alkyl halides is 3. The fourth-order valence-corrected chi connectivity index (χ4v) is 2.68. The molecule has 1 fully saturated rings. The van der Waals surface area contributed by atoms with Crippen molar-refractivity contribution in [2.45, 2.75) is 38.0 Å². The van der Waals surface area contributed by atoms with Crippen molar-refractivity contribution in [3.8, 4) is 0 Å². The maximum atomic E-state index is 12.8. The van der Waals surface area contributed by atoms with E-state index in [9.17, 15) is 18.0 Å². The minimum atomic E-state index is -4.39. The molecule has 0 radical (unpaired) electrons. The van der Waals surface area contributed by atoms with Crippen molar-refractivity contribution in [1.29, 1.82) is 0 Å². The Labute approximate surface area is 115 Å². The van der Waals surface area contributed by atoms with Gasteiger partial charge in [0.1, 0.15) is 0 Å². The summed E-state index contributed by atoms with van der Waals surface area (Å²) in [4.78, 5) is 13.4. The smallest absolute Gasteiger partial charge is 0.334 e. The summed E-state index contributed by atoms with van der Waals surface area (Å²) in [6.07, 6.45) is -3.55. The lowest BCUT2D eigenvalue weighted by Crippen LogP contribution is -2.48. The zero-order valence-corrected chi connectivity index (χ0v) is 11.2. The second-order valence-corrected chi connectivity index (χ2v) is 4.95. The first-order valence-corrected chi connectivity index (χ1v) is 6.56. The van der Waals surface area contributed by atoms with Crippen molar-refractivity contribution in [3.63, 3.8) is 0 Å². The number of amides is 1. The average Bonchev–Trinajstić information content (AvgIpc) is 2.40. The second kappa shape index (κ2) is 5.44. The lowest BCUT2D eigenvalue weighted by atomic mass is 9.90. The van der Waals surface area contributed by atoms with Gasteiger partial charge in [0.15, 0.2) is 0 Å². The van der Waals surface area contributed by atoms with Crippen LogP contribution in [0.1, 0.15) is 36.9 Å². The van der Waals surface area contributed by atoms with Crippen molar-refractivity contribution < 1.29 is 18.0 Å². The van der Waals surface area contributed by atoms with Crippen molar-refractivity contribution >= 4 is 5.91 Å². The van der Waals surface area contributed by atoms with Gasteiger partial charge in [-0.15, -0.1) is 0 Å². The minimum absolute atomic E-state index is 0.0587. The number of halogens is 3. The highest BCUT2D eigenvalue weighted by molar-refractivity contribution is 5.77. The van der Waals surface area contributed by atoms with Crippen LogP contribution in [-0.4, -0.2) is 23.4 Å². The molecule has 1 aromatic rings. The van der Waals surface area contributed by atoms with E-state index in [1.165, 1.54) is 6.07 Å². The van der Waals surface area contributed by atoms with Crippen molar-refractivity contribution in [2.75, 3.05) is 6.54 Å². The van der Waals surface area contributed by atoms with Gasteiger partial charge in [-0.1, -0.05) is 12.1 Å². The summed E-state index contributed by atoms with van der Waals surface area (Å²) in [5.74, 6) is -0.0587. The molecule has 2 rings (SSSR count). The number of hydrogen-bond donors (Lipinski definition) is 1. The number of carbonyl (C=O) groups excluding carboxylic acids is 1. The zero-order chi connectivity index (χ0) is 14.9. The molecular formula is C14H17F3N2O. The highest BCUT2D eigenvalue weighted by Gasteiger charge is 2.36. The number of rotatable bonds is 2. The van der Waals surface area contributed by atoms with E-state index in [0.29, 0.717) is 24.9 Å². The number of likely N-dealkylation sites (tertiary alicyclic amines) is 1. The van der Waals surface area contributed by atoms with E-state index in [-0.39, 0.29) is 11.9 Å². The van der Waals surface area contributed by atoms with Gasteiger partial charge in [0.25, 0.3) is 0 Å². The van der Waals surface area contributed by atoms with E-state index in [2.05, 4.69) is 0 Å². The van der Waals surface area contributed by atoms with Crippen LogP contribution in [0, 0.1) is 0 Å². The van der Waals surface area contributed by atoms with Gasteiger partial charge >= 0.3 is 6.18 Å². The molecule has 3 nitrogen and oxygen atoms in total. The first-order valence-electron chi connectivity index (χ1n) is 6.56. The van der Waals surface area contributed by atoms with Crippen LogP contribution in [0.15, 0.2) is 24.3 Å². The third kappa shape index (κ3) is 2.80. The standard InChI is InChI=1S/C14H17F3N2O/c1-2-19-12(20)7-6-11(18)13(19)9-4-3-5-10(8-9)14(15,16)17/h3-5,8,11,13H,2,6-7,18H2,1H3. The van der Waals surface area contributed by atoms with Crippen molar-refractivity contribution in [2.24, 2.45) is 5.73 Å². The molecule has 1 saturated heterocycles. The Balaban J connectivity index is 2.40. The third-order valence-corrected chi connectivity index (χ3v) is 3.65. The fraction of sp³-hybridized carbons (Fsp3) is 0.500. The van der Waals surface area contributed by atoms with Crippen molar-refractivity contribution in [1.82, 2.24) is 4.90 Å². The molecule has 0 saturated carbocycles. The third-order valence-electron chi connectivity index (χ3n) is 3.65. The minimum Gasteiger partial charge on any atom is -0.334 e. The Bertz CT molecular complexity index is 501. The topological polar surface area (TPSA) is 46.3 Å². The van der Waals surface area contributed by atoms with Crippen LogP contribution in [0.4, 0.5) is 13.2 Å². The predicted octanol–water partition coefficient (Wildman–Crippen LogP) is 2.72. The van der Waals surface area contributed by atoms with Gasteiger partial charge in [0, 0.05) is 19.0 Å². The lowest BCUT2D eigenvalue weighted by molar-refractivity contribution is -0.137. The molecule has 1 aliphatic rings. The lowest BCUT2D eigenvalue weighted by Gasteiger charge is -2.39. The van der Waals surface area contributed by atoms with E-state index >= 15 is 0 Å². The van der Waals surface area contributed by atoms with E-state index in [4.69, 9.17) is 5.73 Å². The number of likely N-dealkylation sites (N-methyl/N-ethyl adjacent to an activating group) is 1. The number of nitrogens with two attached hydrogens (primary N) is 1. The summed E-state index contributed by atoms with van der Waals surface area (Å²) in [5, 5.41) is 0. The van der Waals surface area contributed by atoms with Crippen LogP contribution in [0.25, 0.3) is 0 Å². The average molecular weight is 286 g/mol. The Morgan fingerprint density at radius 1 is 1.40 bits per heavy atom. The Kier molecular flexibility index (Phi) is 4.04. The molecule has 2 atom stereocenters. The van der Waals surface area contributed by atoms with Crippen LogP contribution < -0.4 is 5.73 Å². The quantitative estimate of drug-likeness (QED) is 0.908. The van der Waals surface area contributed by atoms with Gasteiger partial charge in [-0.3, -0.25) is 4.79 Å². The molecule has 1 aliphatic heterocycles. The molecule has 1 heterocycles. The largest absolute Gasteiger partial charge is 0.416 e. The van der Waals surface area contributed by atoms with Crippen LogP contribution in [0.5, 0.6) is 0 Å². The number of hydrogen-bond acceptors (Lipinski definition) is 2. The van der Waals surface area contributed by atoms with Gasteiger partial charge in [-0.05, 0) is 31.0 Å². The van der Waals surface area contributed by atoms with Crippen molar-refractivity contribution in [3.05, 3.63) is 35.4 Å². The van der Waals surface area contributed by atoms with E-state index in [0.717, 1.165) is 12.1 Å². The normalized spacial score (nSPS) is 24.1. The molecule has 6 heteroatoms. The summed E-state index contributed by atoms with van der Waals surface area (Å²) in [5.41, 5.74) is 5.76.